The Balaban J connectivity index is 2.63. The smallest absolute Gasteiger partial charge is 0.0714 e. The Labute approximate surface area is 80.4 Å². The van der Waals surface area contributed by atoms with Gasteiger partial charge in [-0.3, -0.25) is 9.11 Å². The lowest BCUT2D eigenvalue weighted by molar-refractivity contribution is 0.500. The Morgan fingerprint density at radius 2 is 2.00 bits per heavy atom. The highest BCUT2D eigenvalue weighted by Crippen LogP contribution is 2.56. The topological polar surface area (TPSA) is 40.5 Å². The molecule has 2 rings (SSSR count). The van der Waals surface area contributed by atoms with Crippen molar-refractivity contribution in [2.75, 3.05) is 0 Å². The molecule has 1 aliphatic rings. The van der Waals surface area contributed by atoms with Gasteiger partial charge in [0.2, 0.25) is 0 Å². The summed E-state index contributed by atoms with van der Waals surface area (Å²) >= 11 is 3.28. The summed E-state index contributed by atoms with van der Waals surface area (Å²) in [5.74, 6) is 0. The summed E-state index contributed by atoms with van der Waals surface area (Å²) in [5, 5.41) is 1.45. The molecule has 0 spiro atoms. The van der Waals surface area contributed by atoms with Crippen LogP contribution in [0.5, 0.6) is 0 Å². The first kappa shape index (κ1) is 8.31. The molecule has 0 radical (unpaired) electrons. The van der Waals surface area contributed by atoms with Crippen molar-refractivity contribution in [2.45, 2.75) is 4.90 Å². The molecule has 0 saturated heterocycles. The number of halogens is 1. The van der Waals surface area contributed by atoms with Crippen molar-refractivity contribution in [2.24, 2.45) is 0 Å². The minimum absolute atomic E-state index is 0.608. The molecule has 0 bridgehead atoms. The third kappa shape index (κ3) is 1.21. The summed E-state index contributed by atoms with van der Waals surface area (Å²) in [5.41, 5.74) is 0.887. The molecule has 2 N–H and O–H groups in total. The van der Waals surface area contributed by atoms with Gasteiger partial charge in [-0.15, -0.1) is 10.6 Å². The molecule has 1 aromatic carbocycles. The molecule has 0 aromatic heterocycles. The van der Waals surface area contributed by atoms with Crippen LogP contribution in [0.25, 0.3) is 6.08 Å². The molecule has 0 unspecified atom stereocenters. The van der Waals surface area contributed by atoms with Gasteiger partial charge in [0.05, 0.1) is 4.90 Å². The first-order chi connectivity index (χ1) is 5.59. The Bertz CT molecular complexity index is 360. The predicted octanol–water partition coefficient (Wildman–Crippen LogP) is 3.54. The lowest BCUT2D eigenvalue weighted by Crippen LogP contribution is -1.90. The van der Waals surface area contributed by atoms with Gasteiger partial charge in [-0.05, 0) is 23.8 Å². The number of fused-ring (bicyclic) bond motifs is 1. The Hall–Kier alpha value is -0.290. The quantitative estimate of drug-likeness (QED) is 0.736. The second-order valence-corrected chi connectivity index (χ2v) is 5.39. The molecular formula is C8H7BrO2S. The Kier molecular flexibility index (Phi) is 1.80. The van der Waals surface area contributed by atoms with Crippen LogP contribution in [0, 0.1) is 0 Å². The fourth-order valence-corrected chi connectivity index (χ4v) is 2.93. The van der Waals surface area contributed by atoms with Crippen LogP contribution in [0.15, 0.2) is 33.0 Å². The zero-order valence-electron chi connectivity index (χ0n) is 6.07. The fraction of sp³-hybridized carbons (Fsp3) is 0. The SMILES string of the molecule is OS1(O)C=Cc2ccc(Br)cc21. The monoisotopic (exact) mass is 246 g/mol. The average molecular weight is 247 g/mol. The second-order valence-electron chi connectivity index (χ2n) is 2.58. The molecule has 0 amide bonds. The van der Waals surface area contributed by atoms with E-state index in [0.29, 0.717) is 4.90 Å². The predicted molar refractivity (Wildman–Crippen MR) is 54.3 cm³/mol. The van der Waals surface area contributed by atoms with Crippen molar-refractivity contribution in [3.63, 3.8) is 0 Å². The van der Waals surface area contributed by atoms with Crippen LogP contribution in [0.1, 0.15) is 5.56 Å². The highest BCUT2D eigenvalue weighted by atomic mass is 79.9. The van der Waals surface area contributed by atoms with Gasteiger partial charge < -0.3 is 0 Å². The summed E-state index contributed by atoms with van der Waals surface area (Å²) in [7, 11) is -2.64. The normalized spacial score (nSPS) is 20.6. The number of benzene rings is 1. The summed E-state index contributed by atoms with van der Waals surface area (Å²) < 4.78 is 19.9. The lowest BCUT2D eigenvalue weighted by Gasteiger charge is -2.25. The number of hydrogen-bond acceptors (Lipinski definition) is 2. The fourth-order valence-electron chi connectivity index (χ4n) is 1.15. The zero-order chi connectivity index (χ0) is 8.77. The maximum absolute atomic E-state index is 9.50. The van der Waals surface area contributed by atoms with Gasteiger partial charge in [0.15, 0.2) is 0 Å². The molecule has 4 heteroatoms. The molecular weight excluding hydrogens is 240 g/mol. The Morgan fingerprint density at radius 3 is 2.75 bits per heavy atom. The summed E-state index contributed by atoms with van der Waals surface area (Å²) in [6.45, 7) is 0. The van der Waals surface area contributed by atoms with Gasteiger partial charge in [-0.1, -0.05) is 22.0 Å². The van der Waals surface area contributed by atoms with E-state index in [1.807, 2.05) is 12.1 Å². The summed E-state index contributed by atoms with van der Waals surface area (Å²) in [6.07, 6.45) is 1.73. The van der Waals surface area contributed by atoms with Crippen molar-refractivity contribution < 1.29 is 9.11 Å². The minimum atomic E-state index is -2.64. The van der Waals surface area contributed by atoms with Gasteiger partial charge >= 0.3 is 0 Å². The molecule has 0 atom stereocenters. The molecule has 1 aromatic rings. The van der Waals surface area contributed by atoms with E-state index in [0.717, 1.165) is 10.0 Å². The van der Waals surface area contributed by atoms with Gasteiger partial charge in [0.1, 0.15) is 0 Å². The van der Waals surface area contributed by atoms with E-state index in [2.05, 4.69) is 15.9 Å². The maximum atomic E-state index is 9.50. The van der Waals surface area contributed by atoms with E-state index in [-0.39, 0.29) is 0 Å². The van der Waals surface area contributed by atoms with Crippen LogP contribution in [-0.4, -0.2) is 9.11 Å². The molecule has 64 valence electrons. The van der Waals surface area contributed by atoms with Crippen LogP contribution in [0.4, 0.5) is 0 Å². The highest BCUT2D eigenvalue weighted by molar-refractivity contribution is 9.10. The number of rotatable bonds is 0. The van der Waals surface area contributed by atoms with E-state index >= 15 is 0 Å². The van der Waals surface area contributed by atoms with Crippen molar-refractivity contribution in [3.05, 3.63) is 33.6 Å². The molecule has 2 nitrogen and oxygen atoms in total. The van der Waals surface area contributed by atoms with Crippen LogP contribution >= 0.6 is 26.5 Å². The van der Waals surface area contributed by atoms with Gasteiger partial charge in [-0.2, -0.15) is 0 Å². The standard InChI is InChI=1S/C8H7BrO2S/c9-7-2-1-6-3-4-12(10,11)8(6)5-7/h1-5,10-11H. The molecule has 0 saturated carbocycles. The van der Waals surface area contributed by atoms with Gasteiger partial charge in [0, 0.05) is 9.88 Å². The molecule has 0 fully saturated rings. The third-order valence-electron chi connectivity index (χ3n) is 1.74. The van der Waals surface area contributed by atoms with Gasteiger partial charge in [-0.25, -0.2) is 0 Å². The van der Waals surface area contributed by atoms with Gasteiger partial charge in [0.25, 0.3) is 0 Å². The van der Waals surface area contributed by atoms with E-state index in [9.17, 15) is 9.11 Å². The molecule has 12 heavy (non-hydrogen) atoms. The van der Waals surface area contributed by atoms with E-state index < -0.39 is 10.6 Å². The van der Waals surface area contributed by atoms with E-state index in [1.54, 1.807) is 12.1 Å². The van der Waals surface area contributed by atoms with E-state index in [1.165, 1.54) is 5.41 Å². The summed E-state index contributed by atoms with van der Waals surface area (Å²) in [4.78, 5) is 0.608. The molecule has 0 aliphatic carbocycles. The number of hydrogen-bond donors (Lipinski definition) is 2. The van der Waals surface area contributed by atoms with Crippen LogP contribution < -0.4 is 0 Å². The maximum Gasteiger partial charge on any atom is 0.0714 e. The minimum Gasteiger partial charge on any atom is -0.291 e. The third-order valence-corrected chi connectivity index (χ3v) is 3.75. The summed E-state index contributed by atoms with van der Waals surface area (Å²) in [6, 6.07) is 5.48. The van der Waals surface area contributed by atoms with Crippen LogP contribution in [0.2, 0.25) is 0 Å². The molecule has 1 heterocycles. The highest BCUT2D eigenvalue weighted by Gasteiger charge is 2.20. The molecule has 1 aliphatic heterocycles. The van der Waals surface area contributed by atoms with Crippen molar-refractivity contribution in [1.82, 2.24) is 0 Å². The largest absolute Gasteiger partial charge is 0.291 e. The zero-order valence-corrected chi connectivity index (χ0v) is 8.47. The van der Waals surface area contributed by atoms with Crippen molar-refractivity contribution in [3.8, 4) is 0 Å². The first-order valence-corrected chi connectivity index (χ1v) is 5.76. The lowest BCUT2D eigenvalue weighted by atomic mass is 10.2. The van der Waals surface area contributed by atoms with Crippen LogP contribution in [-0.2, 0) is 0 Å². The van der Waals surface area contributed by atoms with E-state index in [4.69, 9.17) is 0 Å². The van der Waals surface area contributed by atoms with Crippen LogP contribution in [0.3, 0.4) is 0 Å². The second kappa shape index (κ2) is 2.60. The Morgan fingerprint density at radius 1 is 1.25 bits per heavy atom. The van der Waals surface area contributed by atoms with Crippen molar-refractivity contribution >= 4 is 32.6 Å². The first-order valence-electron chi connectivity index (χ1n) is 3.35. The average Bonchev–Trinajstić information content (AvgIpc) is 2.28. The van der Waals surface area contributed by atoms with Crippen molar-refractivity contribution in [1.29, 1.82) is 0 Å².